The Morgan fingerprint density at radius 2 is 1.93 bits per heavy atom. The van der Waals surface area contributed by atoms with E-state index in [9.17, 15) is 18.0 Å². The van der Waals surface area contributed by atoms with Crippen LogP contribution < -0.4 is 10.6 Å². The highest BCUT2D eigenvalue weighted by molar-refractivity contribution is 7.91. The molecule has 3 rings (SSSR count). The van der Waals surface area contributed by atoms with E-state index in [-0.39, 0.29) is 28.7 Å². The third-order valence-electron chi connectivity index (χ3n) is 4.09. The number of benzene rings is 1. The van der Waals surface area contributed by atoms with Gasteiger partial charge in [0.05, 0.1) is 40.3 Å². The number of hydrogen-bond donors (Lipinski definition) is 2. The average molecular weight is 434 g/mol. The Morgan fingerprint density at radius 1 is 1.17 bits per heavy atom. The van der Waals surface area contributed by atoms with Crippen molar-refractivity contribution in [1.82, 2.24) is 4.98 Å². The van der Waals surface area contributed by atoms with Gasteiger partial charge in [-0.3, -0.25) is 14.9 Å². The van der Waals surface area contributed by atoms with Gasteiger partial charge in [0.1, 0.15) is 5.76 Å². The molecule has 152 valence electrons. The van der Waals surface area contributed by atoms with Crippen molar-refractivity contribution in [2.24, 2.45) is 0 Å². The number of carbonyl (C=O) groups is 2. The molecular formula is C19H19N3O5S2. The standard InChI is InChI=1S/C19H19N3O5S2/c1-3-29(25,26)16-7-5-4-6-15(16)21-17(23)10-13-11-28-19(20-13)22-18(24)14-8-9-27-12(14)2/h4-9,11H,3,10H2,1-2H3,(H,21,23)(H,20,22,24). The van der Waals surface area contributed by atoms with Crippen LogP contribution in [-0.2, 0) is 21.1 Å². The topological polar surface area (TPSA) is 118 Å². The third-order valence-corrected chi connectivity index (χ3v) is 6.69. The molecule has 3 aromatic rings. The van der Waals surface area contributed by atoms with Gasteiger partial charge < -0.3 is 9.73 Å². The number of aryl methyl sites for hydroxylation is 1. The van der Waals surface area contributed by atoms with Crippen LogP contribution in [-0.4, -0.2) is 31.0 Å². The minimum absolute atomic E-state index is 0.0579. The lowest BCUT2D eigenvalue weighted by Gasteiger charge is -2.10. The van der Waals surface area contributed by atoms with E-state index in [2.05, 4.69) is 15.6 Å². The van der Waals surface area contributed by atoms with Crippen molar-refractivity contribution in [2.45, 2.75) is 25.2 Å². The zero-order valence-corrected chi connectivity index (χ0v) is 17.4. The molecule has 0 saturated heterocycles. The fourth-order valence-corrected chi connectivity index (χ4v) is 4.34. The number of furan rings is 1. The lowest BCUT2D eigenvalue weighted by atomic mass is 10.2. The molecule has 2 amide bonds. The maximum atomic E-state index is 12.4. The summed E-state index contributed by atoms with van der Waals surface area (Å²) in [4.78, 5) is 28.9. The quantitative estimate of drug-likeness (QED) is 0.590. The Labute approximate surface area is 171 Å². The first-order chi connectivity index (χ1) is 13.8. The molecular weight excluding hydrogens is 414 g/mol. The maximum absolute atomic E-state index is 12.4. The van der Waals surface area contributed by atoms with Gasteiger partial charge in [-0.05, 0) is 25.1 Å². The molecule has 1 aromatic carbocycles. The number of para-hydroxylation sites is 1. The Bertz CT molecular complexity index is 1150. The zero-order valence-electron chi connectivity index (χ0n) is 15.8. The number of amides is 2. The van der Waals surface area contributed by atoms with Crippen molar-refractivity contribution in [3.8, 4) is 0 Å². The van der Waals surface area contributed by atoms with E-state index in [1.165, 1.54) is 23.7 Å². The SMILES string of the molecule is CCS(=O)(=O)c1ccccc1NC(=O)Cc1csc(NC(=O)c2ccoc2C)n1. The molecule has 10 heteroatoms. The number of anilines is 2. The van der Waals surface area contributed by atoms with Crippen LogP contribution >= 0.6 is 11.3 Å². The lowest BCUT2D eigenvalue weighted by Crippen LogP contribution is -2.17. The van der Waals surface area contributed by atoms with Crippen molar-refractivity contribution in [3.63, 3.8) is 0 Å². The highest BCUT2D eigenvalue weighted by Crippen LogP contribution is 2.23. The normalized spacial score (nSPS) is 11.2. The molecule has 0 aliphatic carbocycles. The minimum atomic E-state index is -3.47. The van der Waals surface area contributed by atoms with Crippen LogP contribution in [0.4, 0.5) is 10.8 Å². The van der Waals surface area contributed by atoms with E-state index in [1.807, 2.05) is 0 Å². The third kappa shape index (κ3) is 4.90. The van der Waals surface area contributed by atoms with Crippen molar-refractivity contribution < 1.29 is 22.4 Å². The van der Waals surface area contributed by atoms with Crippen molar-refractivity contribution in [3.05, 3.63) is 59.0 Å². The Hall–Kier alpha value is -2.98. The molecule has 8 nitrogen and oxygen atoms in total. The second-order valence-electron chi connectivity index (χ2n) is 6.11. The number of hydrogen-bond acceptors (Lipinski definition) is 7. The summed E-state index contributed by atoms with van der Waals surface area (Å²) in [5.74, 6) is -0.317. The van der Waals surface area contributed by atoms with Gasteiger partial charge in [-0.25, -0.2) is 13.4 Å². The summed E-state index contributed by atoms with van der Waals surface area (Å²) in [6, 6.07) is 7.82. The molecule has 0 saturated carbocycles. The highest BCUT2D eigenvalue weighted by atomic mass is 32.2. The van der Waals surface area contributed by atoms with Crippen LogP contribution in [0.3, 0.4) is 0 Å². The largest absolute Gasteiger partial charge is 0.469 e. The molecule has 0 fully saturated rings. The van der Waals surface area contributed by atoms with Crippen LogP contribution in [0.1, 0.15) is 28.7 Å². The van der Waals surface area contributed by atoms with Crippen molar-refractivity contribution in [1.29, 1.82) is 0 Å². The summed E-state index contributed by atoms with van der Waals surface area (Å²) >= 11 is 1.19. The summed E-state index contributed by atoms with van der Waals surface area (Å²) in [5, 5.41) is 7.30. The molecule has 0 aliphatic heterocycles. The Morgan fingerprint density at radius 3 is 2.62 bits per heavy atom. The molecule has 0 unspecified atom stereocenters. The van der Waals surface area contributed by atoms with Crippen molar-refractivity contribution in [2.75, 3.05) is 16.4 Å². The predicted octanol–water partition coefficient (Wildman–Crippen LogP) is 3.27. The summed E-state index contributed by atoms with van der Waals surface area (Å²) in [6.07, 6.45) is 1.37. The van der Waals surface area contributed by atoms with E-state index >= 15 is 0 Å². The summed E-state index contributed by atoms with van der Waals surface area (Å²) in [7, 11) is -3.47. The van der Waals surface area contributed by atoms with Gasteiger partial charge >= 0.3 is 0 Å². The van der Waals surface area contributed by atoms with Gasteiger partial charge in [0.15, 0.2) is 15.0 Å². The first kappa shape index (κ1) is 20.7. The Kier molecular flexibility index (Phi) is 6.14. The maximum Gasteiger partial charge on any atom is 0.260 e. The number of nitrogens with one attached hydrogen (secondary N) is 2. The molecule has 0 atom stereocenters. The number of carbonyl (C=O) groups excluding carboxylic acids is 2. The second kappa shape index (κ2) is 8.58. The zero-order chi connectivity index (χ0) is 21.0. The fraction of sp³-hybridized carbons (Fsp3) is 0.211. The second-order valence-corrected chi connectivity index (χ2v) is 9.22. The van der Waals surface area contributed by atoms with Gasteiger partial charge in [0, 0.05) is 5.38 Å². The van der Waals surface area contributed by atoms with E-state index < -0.39 is 15.7 Å². The summed E-state index contributed by atoms with van der Waals surface area (Å²) in [6.45, 7) is 3.23. The number of thiazole rings is 1. The molecule has 2 N–H and O–H groups in total. The van der Waals surface area contributed by atoms with Crippen LogP contribution in [0, 0.1) is 6.92 Å². The number of rotatable bonds is 7. The van der Waals surface area contributed by atoms with Crippen molar-refractivity contribution >= 4 is 43.8 Å². The van der Waals surface area contributed by atoms with Gasteiger partial charge in [-0.15, -0.1) is 11.3 Å². The highest BCUT2D eigenvalue weighted by Gasteiger charge is 2.18. The summed E-state index contributed by atoms with van der Waals surface area (Å²) in [5.41, 5.74) is 1.11. The van der Waals surface area contributed by atoms with E-state index in [4.69, 9.17) is 4.42 Å². The fourth-order valence-electron chi connectivity index (χ4n) is 2.59. The van der Waals surface area contributed by atoms with Crippen LogP contribution in [0.25, 0.3) is 0 Å². The molecule has 29 heavy (non-hydrogen) atoms. The molecule has 0 aliphatic rings. The lowest BCUT2D eigenvalue weighted by molar-refractivity contribution is -0.115. The van der Waals surface area contributed by atoms with Gasteiger partial charge in [-0.1, -0.05) is 19.1 Å². The predicted molar refractivity (Wildman–Crippen MR) is 110 cm³/mol. The van der Waals surface area contributed by atoms with E-state index in [0.29, 0.717) is 22.1 Å². The van der Waals surface area contributed by atoms with Crippen LogP contribution in [0.15, 0.2) is 51.3 Å². The average Bonchev–Trinajstić information content (AvgIpc) is 3.30. The van der Waals surface area contributed by atoms with Crippen LogP contribution in [0.2, 0.25) is 0 Å². The molecule has 0 spiro atoms. The van der Waals surface area contributed by atoms with E-state index in [1.54, 1.807) is 43.5 Å². The smallest absolute Gasteiger partial charge is 0.260 e. The van der Waals surface area contributed by atoms with Gasteiger partial charge in [-0.2, -0.15) is 0 Å². The Balaban J connectivity index is 1.66. The van der Waals surface area contributed by atoms with Gasteiger partial charge in [0.2, 0.25) is 5.91 Å². The first-order valence-electron chi connectivity index (χ1n) is 8.71. The van der Waals surface area contributed by atoms with Gasteiger partial charge in [0.25, 0.3) is 5.91 Å². The summed E-state index contributed by atoms with van der Waals surface area (Å²) < 4.78 is 29.5. The number of aromatic nitrogens is 1. The number of sulfone groups is 1. The minimum Gasteiger partial charge on any atom is -0.469 e. The monoisotopic (exact) mass is 433 g/mol. The van der Waals surface area contributed by atoms with E-state index in [0.717, 1.165) is 0 Å². The number of nitrogens with zero attached hydrogens (tertiary/aromatic N) is 1. The first-order valence-corrected chi connectivity index (χ1v) is 11.2. The van der Waals surface area contributed by atoms with Crippen LogP contribution in [0.5, 0.6) is 0 Å². The molecule has 0 bridgehead atoms. The molecule has 0 radical (unpaired) electrons. The molecule has 2 heterocycles. The molecule has 2 aromatic heterocycles.